The van der Waals surface area contributed by atoms with Gasteiger partial charge in [0.05, 0.1) is 0 Å². The third kappa shape index (κ3) is 2.02. The van der Waals surface area contributed by atoms with Gasteiger partial charge in [-0.25, -0.2) is 0 Å². The summed E-state index contributed by atoms with van der Waals surface area (Å²) >= 11 is 0. The molecule has 0 radical (unpaired) electrons. The van der Waals surface area contributed by atoms with Crippen LogP contribution in [-0.2, 0) is 0 Å². The Morgan fingerprint density at radius 3 is 3.00 bits per heavy atom. The zero-order valence-electron chi connectivity index (χ0n) is 6.98. The van der Waals surface area contributed by atoms with Crippen molar-refractivity contribution >= 4 is 0 Å². The van der Waals surface area contributed by atoms with Crippen molar-refractivity contribution in [3.05, 3.63) is 23.8 Å². The molecule has 0 saturated heterocycles. The van der Waals surface area contributed by atoms with Crippen LogP contribution in [0, 0.1) is 5.92 Å². The molecule has 10 heavy (non-hydrogen) atoms. The molecule has 0 aliphatic heterocycles. The minimum atomic E-state index is 0.810. The molecular weight excluding hydrogens is 120 g/mol. The summed E-state index contributed by atoms with van der Waals surface area (Å²) in [6, 6.07) is 0. The van der Waals surface area contributed by atoms with Crippen LogP contribution in [0.15, 0.2) is 23.8 Å². The van der Waals surface area contributed by atoms with Crippen LogP contribution in [0.3, 0.4) is 0 Å². The van der Waals surface area contributed by atoms with E-state index in [0.717, 1.165) is 12.3 Å². The van der Waals surface area contributed by atoms with Gasteiger partial charge in [0.1, 0.15) is 0 Å². The molecule has 0 nitrogen and oxygen atoms in total. The molecule has 1 atom stereocenters. The second-order valence-electron chi connectivity index (χ2n) is 3.52. The van der Waals surface area contributed by atoms with Crippen LogP contribution in [0.2, 0.25) is 0 Å². The third-order valence-corrected chi connectivity index (χ3v) is 2.03. The lowest BCUT2D eigenvalue weighted by Gasteiger charge is -2.05. The van der Waals surface area contributed by atoms with Crippen LogP contribution >= 0.6 is 0 Å². The normalized spacial score (nSPS) is 27.6. The van der Waals surface area contributed by atoms with Gasteiger partial charge in [0.25, 0.3) is 0 Å². The van der Waals surface area contributed by atoms with E-state index in [2.05, 4.69) is 26.5 Å². The van der Waals surface area contributed by atoms with E-state index in [1.165, 1.54) is 24.0 Å². The molecule has 1 aliphatic rings. The lowest BCUT2D eigenvalue weighted by atomic mass is 10.0. The van der Waals surface area contributed by atoms with Crippen LogP contribution in [-0.4, -0.2) is 0 Å². The van der Waals surface area contributed by atoms with Crippen LogP contribution < -0.4 is 0 Å². The molecule has 0 heteroatoms. The molecule has 1 unspecified atom stereocenters. The first kappa shape index (κ1) is 7.59. The first-order valence-corrected chi connectivity index (χ1v) is 4.00. The second kappa shape index (κ2) is 3.05. The van der Waals surface area contributed by atoms with Crippen LogP contribution in [0.25, 0.3) is 0 Å². The third-order valence-electron chi connectivity index (χ3n) is 2.03. The highest BCUT2D eigenvalue weighted by Gasteiger charge is 2.07. The molecule has 0 aromatic carbocycles. The Kier molecular flexibility index (Phi) is 2.31. The number of rotatable bonds is 0. The van der Waals surface area contributed by atoms with Crippen LogP contribution in [0.1, 0.15) is 33.1 Å². The van der Waals surface area contributed by atoms with E-state index in [4.69, 9.17) is 0 Å². The van der Waals surface area contributed by atoms with E-state index in [9.17, 15) is 0 Å². The predicted molar refractivity (Wildman–Crippen MR) is 45.9 cm³/mol. The van der Waals surface area contributed by atoms with E-state index in [1.54, 1.807) is 0 Å². The van der Waals surface area contributed by atoms with Crippen molar-refractivity contribution in [2.45, 2.75) is 33.1 Å². The van der Waals surface area contributed by atoms with Crippen molar-refractivity contribution in [1.82, 2.24) is 0 Å². The molecule has 0 aromatic heterocycles. The molecule has 0 bridgehead atoms. The topological polar surface area (TPSA) is 0 Å². The van der Waals surface area contributed by atoms with Crippen molar-refractivity contribution in [2.24, 2.45) is 5.92 Å². The molecular formula is C10H16. The van der Waals surface area contributed by atoms with Gasteiger partial charge in [-0.15, -0.1) is 0 Å². The SMILES string of the molecule is C=C1CC(C)=CCC(C)C1. The fourth-order valence-corrected chi connectivity index (χ4v) is 1.52. The Labute approximate surface area is 63.6 Å². The zero-order valence-corrected chi connectivity index (χ0v) is 6.98. The molecule has 0 N–H and O–H groups in total. The van der Waals surface area contributed by atoms with Gasteiger partial charge in [-0.05, 0) is 32.1 Å². The number of hydrogen-bond acceptors (Lipinski definition) is 0. The van der Waals surface area contributed by atoms with Crippen molar-refractivity contribution < 1.29 is 0 Å². The molecule has 1 aliphatic carbocycles. The summed E-state index contributed by atoms with van der Waals surface area (Å²) in [6.07, 6.45) is 5.94. The van der Waals surface area contributed by atoms with E-state index >= 15 is 0 Å². The van der Waals surface area contributed by atoms with Gasteiger partial charge < -0.3 is 0 Å². The highest BCUT2D eigenvalue weighted by molar-refractivity contribution is 5.14. The van der Waals surface area contributed by atoms with Crippen LogP contribution in [0.4, 0.5) is 0 Å². The van der Waals surface area contributed by atoms with Crippen molar-refractivity contribution in [3.63, 3.8) is 0 Å². The average Bonchev–Trinajstić information content (AvgIpc) is 1.93. The monoisotopic (exact) mass is 136 g/mol. The lowest BCUT2D eigenvalue weighted by molar-refractivity contribution is 0.591. The number of allylic oxidation sites excluding steroid dienone is 3. The lowest BCUT2D eigenvalue weighted by Crippen LogP contribution is -1.90. The predicted octanol–water partition coefficient (Wildman–Crippen LogP) is 3.31. The standard InChI is InChI=1S/C10H16/c1-8-4-5-9(2)7-10(3)6-8/h4,9H,3,5-7H2,1-2H3. The fraction of sp³-hybridized carbons (Fsp3) is 0.600. The number of hydrogen-bond donors (Lipinski definition) is 0. The van der Waals surface area contributed by atoms with E-state index in [-0.39, 0.29) is 0 Å². The summed E-state index contributed by atoms with van der Waals surface area (Å²) in [5.74, 6) is 0.810. The van der Waals surface area contributed by atoms with E-state index < -0.39 is 0 Å². The minimum Gasteiger partial charge on any atom is -0.0995 e. The Balaban J connectivity index is 2.61. The Morgan fingerprint density at radius 1 is 1.60 bits per heavy atom. The second-order valence-corrected chi connectivity index (χ2v) is 3.52. The maximum absolute atomic E-state index is 4.03. The summed E-state index contributed by atoms with van der Waals surface area (Å²) in [7, 11) is 0. The van der Waals surface area contributed by atoms with Gasteiger partial charge in [-0.3, -0.25) is 0 Å². The van der Waals surface area contributed by atoms with Gasteiger partial charge >= 0.3 is 0 Å². The minimum absolute atomic E-state index is 0.810. The smallest absolute Gasteiger partial charge is 0.0114 e. The largest absolute Gasteiger partial charge is 0.0995 e. The molecule has 0 heterocycles. The quantitative estimate of drug-likeness (QED) is 0.448. The van der Waals surface area contributed by atoms with Crippen molar-refractivity contribution in [3.8, 4) is 0 Å². The summed E-state index contributed by atoms with van der Waals surface area (Å²) in [5, 5.41) is 0. The first-order valence-electron chi connectivity index (χ1n) is 4.00. The van der Waals surface area contributed by atoms with Gasteiger partial charge in [-0.1, -0.05) is 30.7 Å². The summed E-state index contributed by atoms with van der Waals surface area (Å²) < 4.78 is 0. The Morgan fingerprint density at radius 2 is 2.30 bits per heavy atom. The highest BCUT2D eigenvalue weighted by Crippen LogP contribution is 2.24. The molecule has 0 amide bonds. The van der Waals surface area contributed by atoms with E-state index in [0.29, 0.717) is 0 Å². The fourth-order valence-electron chi connectivity index (χ4n) is 1.52. The molecule has 0 saturated carbocycles. The molecule has 1 rings (SSSR count). The average molecular weight is 136 g/mol. The highest BCUT2D eigenvalue weighted by atomic mass is 14.1. The van der Waals surface area contributed by atoms with Gasteiger partial charge in [-0.2, -0.15) is 0 Å². The maximum Gasteiger partial charge on any atom is -0.0114 e. The van der Waals surface area contributed by atoms with E-state index in [1.807, 2.05) is 0 Å². The first-order chi connectivity index (χ1) is 4.68. The summed E-state index contributed by atoms with van der Waals surface area (Å²) in [6.45, 7) is 8.52. The van der Waals surface area contributed by atoms with Crippen molar-refractivity contribution in [1.29, 1.82) is 0 Å². The van der Waals surface area contributed by atoms with Crippen molar-refractivity contribution in [2.75, 3.05) is 0 Å². The Hall–Kier alpha value is -0.520. The molecule has 0 spiro atoms. The molecule has 56 valence electrons. The Bertz CT molecular complexity index is 163. The van der Waals surface area contributed by atoms with Gasteiger partial charge in [0, 0.05) is 0 Å². The summed E-state index contributed by atoms with van der Waals surface area (Å²) in [4.78, 5) is 0. The molecule has 0 aromatic rings. The van der Waals surface area contributed by atoms with Gasteiger partial charge in [0.2, 0.25) is 0 Å². The van der Waals surface area contributed by atoms with Crippen LogP contribution in [0.5, 0.6) is 0 Å². The van der Waals surface area contributed by atoms with Gasteiger partial charge in [0.15, 0.2) is 0 Å². The summed E-state index contributed by atoms with van der Waals surface area (Å²) in [5.41, 5.74) is 2.90. The zero-order chi connectivity index (χ0) is 7.56. The molecule has 0 fully saturated rings. The maximum atomic E-state index is 4.03.